The van der Waals surface area contributed by atoms with Crippen LogP contribution in [0.25, 0.3) is 6.08 Å². The van der Waals surface area contributed by atoms with Crippen LogP contribution in [0.5, 0.6) is 0 Å². The van der Waals surface area contributed by atoms with E-state index in [0.29, 0.717) is 5.82 Å². The minimum absolute atomic E-state index is 0.194. The average molecular weight is 317 g/mol. The summed E-state index contributed by atoms with van der Waals surface area (Å²) in [6.07, 6.45) is 4.92. The van der Waals surface area contributed by atoms with Crippen molar-refractivity contribution in [1.82, 2.24) is 4.98 Å². The van der Waals surface area contributed by atoms with Crippen molar-refractivity contribution in [1.29, 1.82) is 0 Å². The fourth-order valence-electron chi connectivity index (χ4n) is 1.52. The molecule has 96 valence electrons. The smallest absolute Gasteiger partial charge is 0.249 e. The fourth-order valence-corrected chi connectivity index (χ4v) is 1.78. The van der Waals surface area contributed by atoms with Crippen LogP contribution in [0.2, 0.25) is 0 Å². The molecule has 1 amide bonds. The van der Waals surface area contributed by atoms with Gasteiger partial charge in [0.2, 0.25) is 5.91 Å². The maximum absolute atomic E-state index is 11.7. The zero-order chi connectivity index (χ0) is 13.7. The zero-order valence-corrected chi connectivity index (χ0v) is 12.0. The minimum Gasteiger partial charge on any atom is -0.307 e. The second-order valence-corrected chi connectivity index (χ2v) is 5.01. The summed E-state index contributed by atoms with van der Waals surface area (Å²) in [5.41, 5.74) is 2.03. The van der Waals surface area contributed by atoms with Crippen molar-refractivity contribution in [3.63, 3.8) is 0 Å². The first-order chi connectivity index (χ1) is 9.13. The first-order valence-corrected chi connectivity index (χ1v) is 6.60. The standard InChI is InChI=1S/C15H13BrN2O/c1-11-8-9-17-14(10-11)18-15(19)7-4-12-2-5-13(16)6-3-12/h2-10H,1H3,(H,17,18,19)/b7-4+. The number of hydrogen-bond acceptors (Lipinski definition) is 2. The molecule has 1 aromatic heterocycles. The predicted molar refractivity (Wildman–Crippen MR) is 80.8 cm³/mol. The summed E-state index contributed by atoms with van der Waals surface area (Å²) in [5, 5.41) is 2.72. The van der Waals surface area contributed by atoms with Crippen LogP contribution in [0.1, 0.15) is 11.1 Å². The van der Waals surface area contributed by atoms with Gasteiger partial charge in [-0.05, 0) is 48.4 Å². The van der Waals surface area contributed by atoms with E-state index < -0.39 is 0 Å². The topological polar surface area (TPSA) is 42.0 Å². The van der Waals surface area contributed by atoms with E-state index in [4.69, 9.17) is 0 Å². The summed E-state index contributed by atoms with van der Waals surface area (Å²) in [7, 11) is 0. The Bertz CT molecular complexity index is 606. The maximum atomic E-state index is 11.7. The third-order valence-corrected chi connectivity index (χ3v) is 2.99. The number of rotatable bonds is 3. The van der Waals surface area contributed by atoms with Gasteiger partial charge < -0.3 is 5.32 Å². The summed E-state index contributed by atoms with van der Waals surface area (Å²) in [6.45, 7) is 1.95. The first kappa shape index (κ1) is 13.5. The van der Waals surface area contributed by atoms with E-state index in [1.54, 1.807) is 12.3 Å². The van der Waals surface area contributed by atoms with Crippen LogP contribution in [-0.2, 0) is 4.79 Å². The van der Waals surface area contributed by atoms with Crippen LogP contribution < -0.4 is 5.32 Å². The van der Waals surface area contributed by atoms with Crippen LogP contribution >= 0.6 is 15.9 Å². The van der Waals surface area contributed by atoms with Crippen molar-refractivity contribution in [3.8, 4) is 0 Å². The van der Waals surface area contributed by atoms with Crippen molar-refractivity contribution >= 4 is 33.7 Å². The fraction of sp³-hybridized carbons (Fsp3) is 0.0667. The Morgan fingerprint density at radius 3 is 2.68 bits per heavy atom. The molecule has 2 aromatic rings. The lowest BCUT2D eigenvalue weighted by Gasteiger charge is -2.01. The number of aryl methyl sites for hydroxylation is 1. The number of pyridine rings is 1. The van der Waals surface area contributed by atoms with Gasteiger partial charge in [0.05, 0.1) is 0 Å². The number of anilines is 1. The number of carbonyl (C=O) groups is 1. The molecule has 1 heterocycles. The van der Waals surface area contributed by atoms with E-state index in [1.165, 1.54) is 6.08 Å². The summed E-state index contributed by atoms with van der Waals surface area (Å²) < 4.78 is 1.01. The van der Waals surface area contributed by atoms with E-state index in [-0.39, 0.29) is 5.91 Å². The van der Waals surface area contributed by atoms with Crippen molar-refractivity contribution in [2.45, 2.75) is 6.92 Å². The lowest BCUT2D eigenvalue weighted by atomic mass is 10.2. The van der Waals surface area contributed by atoms with Gasteiger partial charge in [-0.3, -0.25) is 4.79 Å². The van der Waals surface area contributed by atoms with Gasteiger partial charge in [0, 0.05) is 16.7 Å². The number of carbonyl (C=O) groups excluding carboxylic acids is 1. The highest BCUT2D eigenvalue weighted by Gasteiger charge is 1.98. The highest BCUT2D eigenvalue weighted by Crippen LogP contribution is 2.11. The molecule has 1 N–H and O–H groups in total. The third-order valence-electron chi connectivity index (χ3n) is 2.46. The number of nitrogens with zero attached hydrogens (tertiary/aromatic N) is 1. The van der Waals surface area contributed by atoms with Gasteiger partial charge in [0.1, 0.15) is 5.82 Å². The van der Waals surface area contributed by atoms with Crippen LogP contribution in [0.4, 0.5) is 5.82 Å². The summed E-state index contributed by atoms with van der Waals surface area (Å²) in [6, 6.07) is 11.4. The molecule has 0 saturated carbocycles. The van der Waals surface area contributed by atoms with Gasteiger partial charge in [-0.2, -0.15) is 0 Å². The molecule has 19 heavy (non-hydrogen) atoms. The first-order valence-electron chi connectivity index (χ1n) is 5.81. The number of halogens is 1. The minimum atomic E-state index is -0.194. The monoisotopic (exact) mass is 316 g/mol. The Kier molecular flexibility index (Phi) is 4.47. The number of benzene rings is 1. The molecular formula is C15H13BrN2O. The van der Waals surface area contributed by atoms with E-state index >= 15 is 0 Å². The Balaban J connectivity index is 1.99. The molecule has 2 rings (SSSR count). The highest BCUT2D eigenvalue weighted by molar-refractivity contribution is 9.10. The summed E-state index contributed by atoms with van der Waals surface area (Å²) in [5.74, 6) is 0.367. The van der Waals surface area contributed by atoms with Gasteiger partial charge in [-0.1, -0.05) is 28.1 Å². The lowest BCUT2D eigenvalue weighted by Crippen LogP contribution is -2.09. The van der Waals surface area contributed by atoms with Crippen molar-refractivity contribution < 1.29 is 4.79 Å². The van der Waals surface area contributed by atoms with Gasteiger partial charge >= 0.3 is 0 Å². The van der Waals surface area contributed by atoms with Crippen LogP contribution in [-0.4, -0.2) is 10.9 Å². The van der Waals surface area contributed by atoms with Gasteiger partial charge in [0.15, 0.2) is 0 Å². The molecule has 0 aliphatic carbocycles. The summed E-state index contributed by atoms with van der Waals surface area (Å²) >= 11 is 3.36. The Labute approximate surface area is 120 Å². The van der Waals surface area contributed by atoms with E-state index in [9.17, 15) is 4.79 Å². The Morgan fingerprint density at radius 2 is 2.00 bits per heavy atom. The number of amides is 1. The van der Waals surface area contributed by atoms with Crippen LogP contribution in [0.3, 0.4) is 0 Å². The summed E-state index contributed by atoms with van der Waals surface area (Å²) in [4.78, 5) is 15.8. The lowest BCUT2D eigenvalue weighted by molar-refractivity contribution is -0.111. The molecule has 0 spiro atoms. The molecule has 1 aromatic carbocycles. The second kappa shape index (κ2) is 6.29. The quantitative estimate of drug-likeness (QED) is 0.875. The molecule has 0 radical (unpaired) electrons. The van der Waals surface area contributed by atoms with Crippen molar-refractivity contribution in [2.24, 2.45) is 0 Å². The number of aromatic nitrogens is 1. The molecule has 0 aliphatic heterocycles. The van der Waals surface area contributed by atoms with Gasteiger partial charge in [0.25, 0.3) is 0 Å². The number of nitrogens with one attached hydrogen (secondary N) is 1. The SMILES string of the molecule is Cc1ccnc(NC(=O)/C=C/c2ccc(Br)cc2)c1. The molecule has 0 aliphatic rings. The third kappa shape index (κ3) is 4.34. The van der Waals surface area contributed by atoms with Crippen molar-refractivity contribution in [2.75, 3.05) is 5.32 Å². The van der Waals surface area contributed by atoms with Crippen molar-refractivity contribution in [3.05, 3.63) is 64.3 Å². The zero-order valence-electron chi connectivity index (χ0n) is 10.4. The van der Waals surface area contributed by atoms with E-state index in [0.717, 1.165) is 15.6 Å². The maximum Gasteiger partial charge on any atom is 0.249 e. The molecule has 0 bridgehead atoms. The average Bonchev–Trinajstić information content (AvgIpc) is 2.38. The highest BCUT2D eigenvalue weighted by atomic mass is 79.9. The molecule has 0 saturated heterocycles. The van der Waals surface area contributed by atoms with Crippen LogP contribution in [0.15, 0.2) is 53.1 Å². The Morgan fingerprint density at radius 1 is 1.26 bits per heavy atom. The molecule has 3 nitrogen and oxygen atoms in total. The van der Waals surface area contributed by atoms with E-state index in [2.05, 4.69) is 26.2 Å². The van der Waals surface area contributed by atoms with Crippen LogP contribution in [0, 0.1) is 6.92 Å². The largest absolute Gasteiger partial charge is 0.307 e. The molecule has 0 unspecified atom stereocenters. The predicted octanol–water partition coefficient (Wildman–Crippen LogP) is 3.80. The molecule has 0 atom stereocenters. The van der Waals surface area contributed by atoms with E-state index in [1.807, 2.05) is 43.3 Å². The second-order valence-electron chi connectivity index (χ2n) is 4.09. The molecule has 4 heteroatoms. The molecule has 0 fully saturated rings. The van der Waals surface area contributed by atoms with Gasteiger partial charge in [-0.15, -0.1) is 0 Å². The number of hydrogen-bond donors (Lipinski definition) is 1. The van der Waals surface area contributed by atoms with Gasteiger partial charge in [-0.25, -0.2) is 4.98 Å². The Hall–Kier alpha value is -1.94. The molecular weight excluding hydrogens is 304 g/mol. The normalized spacial score (nSPS) is 10.6.